The van der Waals surface area contributed by atoms with Crippen LogP contribution in [0.15, 0.2) is 33.8 Å². The number of hydrogen-bond donors (Lipinski definition) is 2. The van der Waals surface area contributed by atoms with Gasteiger partial charge in [-0.05, 0) is 25.5 Å². The van der Waals surface area contributed by atoms with Gasteiger partial charge in [-0.1, -0.05) is 0 Å². The molecule has 2 fully saturated rings. The molecule has 10 nitrogen and oxygen atoms in total. The van der Waals surface area contributed by atoms with Crippen LogP contribution in [0.5, 0.6) is 0 Å². The second kappa shape index (κ2) is 8.62. The maximum atomic E-state index is 13.2. The van der Waals surface area contributed by atoms with Gasteiger partial charge in [0.1, 0.15) is 11.8 Å². The van der Waals surface area contributed by atoms with E-state index in [-0.39, 0.29) is 11.9 Å². The Hall–Kier alpha value is -2.63. The number of aliphatic imine (C=N–C) groups is 2. The lowest BCUT2D eigenvalue weighted by molar-refractivity contribution is -0.120. The highest BCUT2D eigenvalue weighted by atomic mass is 32.1. The fraction of sp³-hybridized carbons (Fsp3) is 0.526. The lowest BCUT2D eigenvalue weighted by Gasteiger charge is -2.33. The molecular weight excluding hydrogens is 404 g/mol. The highest BCUT2D eigenvalue weighted by Crippen LogP contribution is 2.26. The van der Waals surface area contributed by atoms with E-state index in [9.17, 15) is 4.79 Å². The van der Waals surface area contributed by atoms with Gasteiger partial charge < -0.3 is 15.0 Å². The van der Waals surface area contributed by atoms with Gasteiger partial charge in [0, 0.05) is 37.4 Å². The number of amides is 1. The summed E-state index contributed by atoms with van der Waals surface area (Å²) in [7, 11) is 0. The molecule has 2 aromatic rings. The average molecular weight is 429 g/mol. The summed E-state index contributed by atoms with van der Waals surface area (Å²) in [4.78, 5) is 29.6. The van der Waals surface area contributed by atoms with Crippen LogP contribution in [-0.2, 0) is 9.53 Å². The van der Waals surface area contributed by atoms with E-state index in [0.29, 0.717) is 48.9 Å². The largest absolute Gasteiger partial charge is 0.378 e. The van der Waals surface area contributed by atoms with E-state index in [2.05, 4.69) is 20.7 Å². The molecule has 158 valence electrons. The van der Waals surface area contributed by atoms with E-state index in [0.717, 1.165) is 25.9 Å². The van der Waals surface area contributed by atoms with Crippen molar-refractivity contribution in [1.82, 2.24) is 30.3 Å². The van der Waals surface area contributed by atoms with Gasteiger partial charge in [-0.2, -0.15) is 10.1 Å². The monoisotopic (exact) mass is 428 g/mol. The molecule has 3 aliphatic rings. The molecule has 2 atom stereocenters. The van der Waals surface area contributed by atoms with Gasteiger partial charge >= 0.3 is 0 Å². The first-order valence-corrected chi connectivity index (χ1v) is 11.1. The van der Waals surface area contributed by atoms with Crippen molar-refractivity contribution in [2.45, 2.75) is 24.8 Å². The molecule has 2 N–H and O–H groups in total. The third-order valence-electron chi connectivity index (χ3n) is 5.38. The molecule has 1 unspecified atom stereocenters. The maximum Gasteiger partial charge on any atom is 0.243 e. The van der Waals surface area contributed by atoms with Crippen LogP contribution in [0.3, 0.4) is 0 Å². The second-order valence-electron chi connectivity index (χ2n) is 7.45. The Kier molecular flexibility index (Phi) is 5.56. The Morgan fingerprint density at radius 3 is 2.97 bits per heavy atom. The summed E-state index contributed by atoms with van der Waals surface area (Å²) in [6, 6.07) is 1.96. The third-order valence-corrected chi connectivity index (χ3v) is 6.23. The quantitative estimate of drug-likeness (QED) is 0.732. The predicted octanol–water partition coefficient (Wildman–Crippen LogP) is 0.381. The van der Waals surface area contributed by atoms with Gasteiger partial charge in [0.2, 0.25) is 17.0 Å². The standard InChI is InChI=1S/C19H24N8O2S/c28-17-15(14-12-30-19(23-14)27-6-2-5-21-27)16(22-13-3-1-4-20-11-13)24-18(25-17)26-7-9-29-10-8-26/h2,5-6,12-13,15,20H,1,3-4,7-11H2,(H,22,24,25,28)/t13-,15?/m1/s1. The predicted molar refractivity (Wildman–Crippen MR) is 113 cm³/mol. The summed E-state index contributed by atoms with van der Waals surface area (Å²) in [5.74, 6) is 0.319. The van der Waals surface area contributed by atoms with Crippen molar-refractivity contribution in [2.24, 2.45) is 9.98 Å². The summed E-state index contributed by atoms with van der Waals surface area (Å²) in [5, 5.41) is 13.2. The molecule has 3 aliphatic heterocycles. The highest BCUT2D eigenvalue weighted by molar-refractivity contribution is 7.12. The normalized spacial score (nSPS) is 26.5. The molecule has 0 aromatic carbocycles. The molecule has 0 radical (unpaired) electrons. The Bertz CT molecular complexity index is 942. The molecule has 0 aliphatic carbocycles. The van der Waals surface area contributed by atoms with Gasteiger partial charge in [0.15, 0.2) is 0 Å². The average Bonchev–Trinajstić information content (AvgIpc) is 3.47. The lowest BCUT2D eigenvalue weighted by atomic mass is 10.0. The van der Waals surface area contributed by atoms with Gasteiger partial charge in [-0.3, -0.25) is 15.1 Å². The minimum atomic E-state index is -0.628. The molecule has 5 rings (SSSR count). The minimum Gasteiger partial charge on any atom is -0.378 e. The minimum absolute atomic E-state index is 0.112. The Morgan fingerprint density at radius 1 is 1.30 bits per heavy atom. The Labute approximate surface area is 178 Å². The van der Waals surface area contributed by atoms with Crippen LogP contribution in [0.25, 0.3) is 5.13 Å². The van der Waals surface area contributed by atoms with Gasteiger partial charge in [-0.15, -0.1) is 11.3 Å². The number of ether oxygens (including phenoxy) is 1. The number of nitrogens with one attached hydrogen (secondary N) is 2. The van der Waals surface area contributed by atoms with Crippen LogP contribution in [0, 0.1) is 0 Å². The van der Waals surface area contributed by atoms with Gasteiger partial charge in [0.25, 0.3) is 0 Å². The van der Waals surface area contributed by atoms with Crippen molar-refractivity contribution in [2.75, 3.05) is 39.4 Å². The number of rotatable bonds is 3. The first-order valence-electron chi connectivity index (χ1n) is 10.2. The number of amidine groups is 1. The number of carbonyl (C=O) groups excluding carboxylic acids is 1. The van der Waals surface area contributed by atoms with Crippen molar-refractivity contribution in [1.29, 1.82) is 0 Å². The zero-order valence-corrected chi connectivity index (χ0v) is 17.3. The molecule has 11 heteroatoms. The smallest absolute Gasteiger partial charge is 0.243 e. The summed E-state index contributed by atoms with van der Waals surface area (Å²) in [6.45, 7) is 4.44. The highest BCUT2D eigenvalue weighted by Gasteiger charge is 2.36. The van der Waals surface area contributed by atoms with Crippen LogP contribution < -0.4 is 10.6 Å². The summed E-state index contributed by atoms with van der Waals surface area (Å²) in [5.41, 5.74) is 0.648. The van der Waals surface area contributed by atoms with Crippen LogP contribution in [0.4, 0.5) is 0 Å². The summed E-state index contributed by atoms with van der Waals surface area (Å²) >= 11 is 1.45. The number of hydrogen-bond acceptors (Lipinski definition) is 8. The first-order chi connectivity index (χ1) is 14.8. The van der Waals surface area contributed by atoms with E-state index < -0.39 is 5.92 Å². The SMILES string of the molecule is O=C1NC(N2CCOCC2)=NC(=N[C@@H]2CCCNC2)C1c1csc(-n2cccn2)n1. The molecule has 0 bridgehead atoms. The van der Waals surface area contributed by atoms with Crippen molar-refractivity contribution in [3.8, 4) is 5.13 Å². The van der Waals surface area contributed by atoms with Gasteiger partial charge in [-0.25, -0.2) is 9.67 Å². The zero-order valence-electron chi connectivity index (χ0n) is 16.5. The van der Waals surface area contributed by atoms with E-state index in [4.69, 9.17) is 14.7 Å². The molecule has 0 spiro atoms. The van der Waals surface area contributed by atoms with Crippen molar-refractivity contribution in [3.05, 3.63) is 29.5 Å². The third kappa shape index (κ3) is 4.00. The van der Waals surface area contributed by atoms with Crippen LogP contribution in [-0.4, -0.2) is 82.8 Å². The fourth-order valence-electron chi connectivity index (χ4n) is 3.82. The molecule has 2 saturated heterocycles. The van der Waals surface area contributed by atoms with Crippen molar-refractivity contribution in [3.63, 3.8) is 0 Å². The Balaban J connectivity index is 1.48. The van der Waals surface area contributed by atoms with E-state index in [1.165, 1.54) is 11.3 Å². The van der Waals surface area contributed by atoms with Crippen LogP contribution >= 0.6 is 11.3 Å². The van der Waals surface area contributed by atoms with Crippen molar-refractivity contribution >= 4 is 29.0 Å². The summed E-state index contributed by atoms with van der Waals surface area (Å²) < 4.78 is 7.12. The van der Waals surface area contributed by atoms with Crippen LogP contribution in [0.2, 0.25) is 0 Å². The lowest BCUT2D eigenvalue weighted by Crippen LogP contribution is -2.54. The number of guanidine groups is 1. The maximum absolute atomic E-state index is 13.2. The first kappa shape index (κ1) is 19.3. The van der Waals surface area contributed by atoms with E-state index in [1.54, 1.807) is 10.9 Å². The number of piperidine rings is 1. The molecule has 1 amide bonds. The number of carbonyl (C=O) groups is 1. The fourth-order valence-corrected chi connectivity index (χ4v) is 4.61. The molecule has 2 aromatic heterocycles. The Morgan fingerprint density at radius 2 is 2.20 bits per heavy atom. The second-order valence-corrected chi connectivity index (χ2v) is 8.29. The molecule has 5 heterocycles. The number of morpholine rings is 1. The van der Waals surface area contributed by atoms with Crippen molar-refractivity contribution < 1.29 is 9.53 Å². The molecular formula is C19H24N8O2S. The number of aromatic nitrogens is 3. The van der Waals surface area contributed by atoms with E-state index in [1.807, 2.05) is 22.5 Å². The van der Waals surface area contributed by atoms with Crippen LogP contribution in [0.1, 0.15) is 24.5 Å². The number of nitrogens with zero attached hydrogens (tertiary/aromatic N) is 6. The van der Waals surface area contributed by atoms with E-state index >= 15 is 0 Å². The number of thiazole rings is 1. The molecule has 30 heavy (non-hydrogen) atoms. The molecule has 0 saturated carbocycles. The summed E-state index contributed by atoms with van der Waals surface area (Å²) in [6.07, 6.45) is 5.60. The van der Waals surface area contributed by atoms with Gasteiger partial charge in [0.05, 0.1) is 24.9 Å². The zero-order chi connectivity index (χ0) is 20.3. The topological polar surface area (TPSA) is 109 Å².